The number of allylic oxidation sites excluding steroid dienone is 1. The fourth-order valence-corrected chi connectivity index (χ4v) is 2.56. The fourth-order valence-electron chi connectivity index (χ4n) is 1.46. The van der Waals surface area contributed by atoms with Crippen molar-refractivity contribution in [2.45, 2.75) is 4.90 Å². The van der Waals surface area contributed by atoms with Crippen LogP contribution in [0, 0.1) is 11.3 Å². The van der Waals surface area contributed by atoms with Crippen molar-refractivity contribution >= 4 is 34.7 Å². The average Bonchev–Trinajstić information content (AvgIpc) is 2.90. The first kappa shape index (κ1) is 12.0. The van der Waals surface area contributed by atoms with E-state index in [0.29, 0.717) is 0 Å². The molecular formula is C14H11NS2. The first-order valence-electron chi connectivity index (χ1n) is 5.13. The van der Waals surface area contributed by atoms with Gasteiger partial charge < -0.3 is 0 Å². The molecule has 2 rings (SSSR count). The maximum Gasteiger partial charge on any atom is 0.101 e. The number of hydrogen-bond donors (Lipinski definition) is 0. The van der Waals surface area contributed by atoms with Crippen LogP contribution in [0.25, 0.3) is 11.6 Å². The monoisotopic (exact) mass is 257 g/mol. The maximum absolute atomic E-state index is 9.14. The summed E-state index contributed by atoms with van der Waals surface area (Å²) in [7, 11) is 0. The van der Waals surface area contributed by atoms with Crippen LogP contribution in [-0.2, 0) is 0 Å². The molecule has 2 aromatic rings. The van der Waals surface area contributed by atoms with Crippen molar-refractivity contribution < 1.29 is 0 Å². The third-order valence-corrected chi connectivity index (χ3v) is 3.98. The van der Waals surface area contributed by atoms with Gasteiger partial charge in [-0.25, -0.2) is 0 Å². The molecule has 0 unspecified atom stereocenters. The third kappa shape index (κ3) is 3.00. The zero-order valence-corrected chi connectivity index (χ0v) is 11.0. The van der Waals surface area contributed by atoms with Crippen LogP contribution >= 0.6 is 23.1 Å². The highest BCUT2D eigenvalue weighted by Crippen LogP contribution is 2.23. The first-order chi connectivity index (χ1) is 8.33. The molecule has 1 heterocycles. The molecule has 1 aromatic carbocycles. The van der Waals surface area contributed by atoms with Crippen LogP contribution in [0.3, 0.4) is 0 Å². The minimum Gasteiger partial charge on any atom is -0.192 e. The van der Waals surface area contributed by atoms with E-state index < -0.39 is 0 Å². The number of nitriles is 1. The van der Waals surface area contributed by atoms with E-state index in [0.717, 1.165) is 16.0 Å². The molecule has 0 fully saturated rings. The Hall–Kier alpha value is -1.50. The normalized spacial score (nSPS) is 11.2. The van der Waals surface area contributed by atoms with Gasteiger partial charge in [-0.2, -0.15) is 5.26 Å². The van der Waals surface area contributed by atoms with Crippen molar-refractivity contribution in [1.82, 2.24) is 0 Å². The van der Waals surface area contributed by atoms with Gasteiger partial charge in [0.2, 0.25) is 0 Å². The van der Waals surface area contributed by atoms with Gasteiger partial charge in [-0.3, -0.25) is 0 Å². The van der Waals surface area contributed by atoms with Gasteiger partial charge in [0.1, 0.15) is 6.07 Å². The fraction of sp³-hybridized carbons (Fsp3) is 0.0714. The molecular weight excluding hydrogens is 246 g/mol. The Balaban J connectivity index is 2.31. The van der Waals surface area contributed by atoms with Crippen molar-refractivity contribution in [2.75, 3.05) is 6.26 Å². The van der Waals surface area contributed by atoms with Gasteiger partial charge in [-0.15, -0.1) is 23.1 Å². The zero-order valence-electron chi connectivity index (χ0n) is 9.38. The van der Waals surface area contributed by atoms with Gasteiger partial charge in [-0.05, 0) is 41.5 Å². The van der Waals surface area contributed by atoms with Crippen molar-refractivity contribution in [3.63, 3.8) is 0 Å². The van der Waals surface area contributed by atoms with Crippen LogP contribution < -0.4 is 0 Å². The molecule has 0 radical (unpaired) electrons. The zero-order chi connectivity index (χ0) is 12.1. The molecule has 1 nitrogen and oxygen atoms in total. The number of benzene rings is 1. The highest BCUT2D eigenvalue weighted by molar-refractivity contribution is 7.98. The van der Waals surface area contributed by atoms with E-state index in [9.17, 15) is 0 Å². The van der Waals surface area contributed by atoms with Gasteiger partial charge in [0.05, 0.1) is 5.57 Å². The van der Waals surface area contributed by atoms with E-state index in [4.69, 9.17) is 5.26 Å². The van der Waals surface area contributed by atoms with Gasteiger partial charge in [0, 0.05) is 9.77 Å². The van der Waals surface area contributed by atoms with Gasteiger partial charge in [0.15, 0.2) is 0 Å². The highest BCUT2D eigenvalue weighted by Gasteiger charge is 2.01. The number of rotatable bonds is 3. The lowest BCUT2D eigenvalue weighted by molar-refractivity contribution is 1.45. The van der Waals surface area contributed by atoms with E-state index in [2.05, 4.69) is 24.5 Å². The van der Waals surface area contributed by atoms with Crippen molar-refractivity contribution in [1.29, 1.82) is 5.26 Å². The van der Waals surface area contributed by atoms with E-state index in [1.807, 2.05) is 35.7 Å². The molecule has 0 spiro atoms. The maximum atomic E-state index is 9.14. The summed E-state index contributed by atoms with van der Waals surface area (Å²) in [6.07, 6.45) is 3.98. The summed E-state index contributed by atoms with van der Waals surface area (Å²) in [5.74, 6) is 0. The molecule has 0 amide bonds. The highest BCUT2D eigenvalue weighted by atomic mass is 32.2. The second-order valence-corrected chi connectivity index (χ2v) is 5.25. The molecule has 17 heavy (non-hydrogen) atoms. The van der Waals surface area contributed by atoms with Crippen LogP contribution in [0.15, 0.2) is 46.7 Å². The smallest absolute Gasteiger partial charge is 0.101 e. The molecule has 0 N–H and O–H groups in total. The predicted molar refractivity (Wildman–Crippen MR) is 76.0 cm³/mol. The summed E-state index contributed by atoms with van der Waals surface area (Å²) in [4.78, 5) is 2.25. The number of thioether (sulfide) groups is 1. The Kier molecular flexibility index (Phi) is 4.03. The summed E-state index contributed by atoms with van der Waals surface area (Å²) in [5, 5.41) is 11.1. The minimum absolute atomic E-state index is 0.719. The van der Waals surface area contributed by atoms with Crippen molar-refractivity contribution in [2.24, 2.45) is 0 Å². The lowest BCUT2D eigenvalue weighted by Crippen LogP contribution is -1.77. The molecule has 0 bridgehead atoms. The van der Waals surface area contributed by atoms with Crippen LogP contribution in [0.2, 0.25) is 0 Å². The number of thiophene rings is 1. The van der Waals surface area contributed by atoms with E-state index in [-0.39, 0.29) is 0 Å². The van der Waals surface area contributed by atoms with E-state index in [1.165, 1.54) is 4.90 Å². The number of hydrogen-bond acceptors (Lipinski definition) is 3. The Morgan fingerprint density at radius 2 is 2.06 bits per heavy atom. The summed E-state index contributed by atoms with van der Waals surface area (Å²) in [5.41, 5.74) is 1.78. The largest absolute Gasteiger partial charge is 0.192 e. The second kappa shape index (κ2) is 5.72. The van der Waals surface area contributed by atoms with Crippen molar-refractivity contribution in [3.8, 4) is 6.07 Å². The summed E-state index contributed by atoms with van der Waals surface area (Å²) in [6, 6.07) is 14.4. The summed E-state index contributed by atoms with van der Waals surface area (Å²) in [6.45, 7) is 0. The molecule has 0 saturated heterocycles. The summed E-state index contributed by atoms with van der Waals surface area (Å²) < 4.78 is 0. The Labute approximate surface area is 109 Å². The minimum atomic E-state index is 0.719. The number of nitrogens with zero attached hydrogens (tertiary/aromatic N) is 1. The molecule has 3 heteroatoms. The molecule has 0 aliphatic carbocycles. The first-order valence-corrected chi connectivity index (χ1v) is 7.23. The molecule has 1 aromatic heterocycles. The molecule has 0 saturated carbocycles. The Bertz CT molecular complexity index is 545. The van der Waals surface area contributed by atoms with Crippen LogP contribution in [0.5, 0.6) is 0 Å². The van der Waals surface area contributed by atoms with Gasteiger partial charge >= 0.3 is 0 Å². The second-order valence-electron chi connectivity index (χ2n) is 3.42. The van der Waals surface area contributed by atoms with Crippen LogP contribution in [0.1, 0.15) is 10.4 Å². The quantitative estimate of drug-likeness (QED) is 0.595. The Morgan fingerprint density at radius 3 is 2.59 bits per heavy atom. The summed E-state index contributed by atoms with van der Waals surface area (Å²) >= 11 is 3.30. The molecule has 0 atom stereocenters. The van der Waals surface area contributed by atoms with Crippen LogP contribution in [0.4, 0.5) is 0 Å². The third-order valence-electron chi connectivity index (χ3n) is 2.33. The molecule has 84 valence electrons. The average molecular weight is 257 g/mol. The molecule has 0 aliphatic heterocycles. The standard InChI is InChI=1S/C14H11NS2/c1-16-13-6-4-11(5-7-13)9-12(10-15)14-3-2-8-17-14/h2-9H,1H3/b12-9+. The lowest BCUT2D eigenvalue weighted by atomic mass is 10.1. The predicted octanol–water partition coefficient (Wildman–Crippen LogP) is 4.53. The topological polar surface area (TPSA) is 23.8 Å². The SMILES string of the molecule is CSc1ccc(/C=C(\C#N)c2cccs2)cc1. The lowest BCUT2D eigenvalue weighted by Gasteiger charge is -1.98. The van der Waals surface area contributed by atoms with E-state index in [1.54, 1.807) is 23.1 Å². The van der Waals surface area contributed by atoms with E-state index >= 15 is 0 Å². The Morgan fingerprint density at radius 1 is 1.29 bits per heavy atom. The van der Waals surface area contributed by atoms with Crippen LogP contribution in [-0.4, -0.2) is 6.26 Å². The van der Waals surface area contributed by atoms with Gasteiger partial charge in [-0.1, -0.05) is 18.2 Å². The van der Waals surface area contributed by atoms with Gasteiger partial charge in [0.25, 0.3) is 0 Å². The van der Waals surface area contributed by atoms with Crippen molar-refractivity contribution in [3.05, 3.63) is 52.2 Å². The molecule has 0 aliphatic rings.